The van der Waals surface area contributed by atoms with Crippen molar-refractivity contribution in [3.05, 3.63) is 30.3 Å². The van der Waals surface area contributed by atoms with E-state index in [2.05, 4.69) is 0 Å². The average molecular weight is 354 g/mol. The van der Waals surface area contributed by atoms with E-state index in [-0.39, 0.29) is 0 Å². The van der Waals surface area contributed by atoms with Crippen LogP contribution >= 0.6 is 11.8 Å². The van der Waals surface area contributed by atoms with Crippen molar-refractivity contribution in [3.8, 4) is 0 Å². The molecule has 1 saturated heterocycles. The Hall–Kier alpha value is -1.57. The van der Waals surface area contributed by atoms with E-state index in [1.54, 1.807) is 6.92 Å². The van der Waals surface area contributed by atoms with E-state index in [0.29, 0.717) is 0 Å². The molecule has 0 amide bonds. The fraction of sp³-hybridized carbons (Fsp3) is 0.529. The van der Waals surface area contributed by atoms with Crippen molar-refractivity contribution in [2.75, 3.05) is 7.11 Å². The molecule has 0 radical (unpaired) electrons. The number of hydrogen-bond donors (Lipinski definition) is 0. The highest BCUT2D eigenvalue weighted by molar-refractivity contribution is 7.99. The lowest BCUT2D eigenvalue weighted by Crippen LogP contribution is -2.59. The summed E-state index contributed by atoms with van der Waals surface area (Å²) < 4.78 is 22.3. The maximum absolute atomic E-state index is 11.5. The van der Waals surface area contributed by atoms with Gasteiger partial charge in [0, 0.05) is 25.9 Å². The van der Waals surface area contributed by atoms with Crippen LogP contribution in [-0.2, 0) is 28.5 Å². The molecule has 1 aromatic rings. The zero-order valence-corrected chi connectivity index (χ0v) is 14.9. The Morgan fingerprint density at radius 2 is 1.58 bits per heavy atom. The lowest BCUT2D eigenvalue weighted by Gasteiger charge is -2.43. The number of hydrogen-bond acceptors (Lipinski definition) is 7. The molecule has 0 N–H and O–H groups in total. The summed E-state index contributed by atoms with van der Waals surface area (Å²) in [6, 6.07) is 9.72. The molecule has 5 atom stereocenters. The Kier molecular flexibility index (Phi) is 6.65. The van der Waals surface area contributed by atoms with Gasteiger partial charge in [0.1, 0.15) is 11.5 Å². The minimum absolute atomic E-state index is 0.399. The first-order chi connectivity index (χ1) is 11.4. The molecule has 132 valence electrons. The number of thioether (sulfide) groups is 1. The highest BCUT2D eigenvalue weighted by Crippen LogP contribution is 2.36. The lowest BCUT2D eigenvalue weighted by molar-refractivity contribution is -0.226. The number of esters is 2. The van der Waals surface area contributed by atoms with E-state index in [4.69, 9.17) is 18.9 Å². The molecule has 0 aliphatic carbocycles. The zero-order chi connectivity index (χ0) is 17.7. The largest absolute Gasteiger partial charge is 0.456 e. The molecule has 6 nitrogen and oxygen atoms in total. The highest BCUT2D eigenvalue weighted by atomic mass is 32.2. The van der Waals surface area contributed by atoms with Crippen LogP contribution in [0.4, 0.5) is 0 Å². The van der Waals surface area contributed by atoms with Gasteiger partial charge >= 0.3 is 11.9 Å². The minimum Gasteiger partial charge on any atom is -0.456 e. The van der Waals surface area contributed by atoms with Crippen molar-refractivity contribution in [1.82, 2.24) is 0 Å². The van der Waals surface area contributed by atoms with E-state index in [1.807, 2.05) is 30.3 Å². The third-order valence-electron chi connectivity index (χ3n) is 3.60. The Labute approximate surface area is 145 Å². The number of rotatable bonds is 5. The lowest BCUT2D eigenvalue weighted by atomic mass is 10.00. The highest BCUT2D eigenvalue weighted by Gasteiger charge is 2.48. The monoisotopic (exact) mass is 354 g/mol. The van der Waals surface area contributed by atoms with Crippen LogP contribution in [-0.4, -0.2) is 48.9 Å². The van der Waals surface area contributed by atoms with E-state index >= 15 is 0 Å². The van der Waals surface area contributed by atoms with Gasteiger partial charge in [-0.2, -0.15) is 0 Å². The van der Waals surface area contributed by atoms with E-state index < -0.39 is 41.8 Å². The molecule has 7 heteroatoms. The second kappa shape index (κ2) is 8.50. The van der Waals surface area contributed by atoms with Gasteiger partial charge in [-0.1, -0.05) is 30.0 Å². The second-order valence-electron chi connectivity index (χ2n) is 5.49. The third kappa shape index (κ3) is 4.72. The SMILES string of the molecule is CO[C@H]1[C@H](OC(C)=O)[C@H](OC(C)=O)[C@H](C)O[C@@H]1Sc1ccccc1. The molecule has 0 saturated carbocycles. The van der Waals surface area contributed by atoms with Crippen LogP contribution in [0.15, 0.2) is 35.2 Å². The molecule has 1 fully saturated rings. The molecule has 24 heavy (non-hydrogen) atoms. The van der Waals surface area contributed by atoms with Gasteiger partial charge in [0.15, 0.2) is 12.2 Å². The summed E-state index contributed by atoms with van der Waals surface area (Å²) in [5, 5.41) is 0. The van der Waals surface area contributed by atoms with Gasteiger partial charge in [0.2, 0.25) is 0 Å². The third-order valence-corrected chi connectivity index (χ3v) is 4.75. The van der Waals surface area contributed by atoms with Crippen LogP contribution in [0.1, 0.15) is 20.8 Å². The standard InChI is InChI=1S/C17H22O6S/c1-10-14(22-11(2)18)15(23-12(3)19)16(20-4)17(21-10)24-13-8-6-5-7-9-13/h5-10,14-17H,1-4H3/t10-,14+,15+,16-,17+/m0/s1. The number of ether oxygens (including phenoxy) is 4. The van der Waals surface area contributed by atoms with Crippen LogP contribution in [0.3, 0.4) is 0 Å². The second-order valence-corrected chi connectivity index (χ2v) is 6.66. The van der Waals surface area contributed by atoms with Crippen molar-refractivity contribution in [1.29, 1.82) is 0 Å². The molecule has 0 unspecified atom stereocenters. The van der Waals surface area contributed by atoms with Crippen molar-refractivity contribution in [3.63, 3.8) is 0 Å². The summed E-state index contributed by atoms with van der Waals surface area (Å²) in [7, 11) is 1.52. The van der Waals surface area contributed by atoms with Gasteiger partial charge < -0.3 is 18.9 Å². The first-order valence-electron chi connectivity index (χ1n) is 7.66. The normalized spacial score (nSPS) is 29.8. The van der Waals surface area contributed by atoms with Crippen LogP contribution in [0.5, 0.6) is 0 Å². The average Bonchev–Trinajstić information content (AvgIpc) is 2.51. The Morgan fingerprint density at radius 1 is 1.00 bits per heavy atom. The van der Waals surface area contributed by atoms with Crippen LogP contribution in [0.25, 0.3) is 0 Å². The van der Waals surface area contributed by atoms with Crippen molar-refractivity contribution in [2.45, 2.75) is 55.5 Å². The van der Waals surface area contributed by atoms with Crippen molar-refractivity contribution in [2.24, 2.45) is 0 Å². The van der Waals surface area contributed by atoms with E-state index in [9.17, 15) is 9.59 Å². The minimum atomic E-state index is -0.735. The molecule has 1 aliphatic heterocycles. The van der Waals surface area contributed by atoms with E-state index in [0.717, 1.165) is 4.90 Å². The quantitative estimate of drug-likeness (QED) is 0.752. The van der Waals surface area contributed by atoms with Crippen LogP contribution < -0.4 is 0 Å². The van der Waals surface area contributed by atoms with E-state index in [1.165, 1.54) is 32.7 Å². The summed E-state index contributed by atoms with van der Waals surface area (Å²) in [5.41, 5.74) is -0.399. The Balaban J connectivity index is 2.24. The van der Waals surface area contributed by atoms with Crippen LogP contribution in [0, 0.1) is 0 Å². The maximum Gasteiger partial charge on any atom is 0.303 e. The number of carbonyl (C=O) groups is 2. The molecule has 0 spiro atoms. The zero-order valence-electron chi connectivity index (χ0n) is 14.1. The number of benzene rings is 1. The van der Waals surface area contributed by atoms with Gasteiger partial charge in [-0.25, -0.2) is 0 Å². The summed E-state index contributed by atoms with van der Waals surface area (Å²) in [6.45, 7) is 4.41. The fourth-order valence-electron chi connectivity index (χ4n) is 2.63. The predicted molar refractivity (Wildman–Crippen MR) is 88.5 cm³/mol. The summed E-state index contributed by atoms with van der Waals surface area (Å²) in [4.78, 5) is 23.9. The smallest absolute Gasteiger partial charge is 0.303 e. The van der Waals surface area contributed by atoms with Crippen molar-refractivity contribution >= 4 is 23.7 Å². The van der Waals surface area contributed by atoms with Gasteiger partial charge in [-0.05, 0) is 19.1 Å². The van der Waals surface area contributed by atoms with Gasteiger partial charge in [0.25, 0.3) is 0 Å². The fourth-order valence-corrected chi connectivity index (χ4v) is 3.84. The Morgan fingerprint density at radius 3 is 2.12 bits per heavy atom. The molecule has 1 heterocycles. The molecule has 1 aliphatic rings. The molecular weight excluding hydrogens is 332 g/mol. The first kappa shape index (κ1) is 18.8. The first-order valence-corrected chi connectivity index (χ1v) is 8.54. The van der Waals surface area contributed by atoms with Crippen LogP contribution in [0.2, 0.25) is 0 Å². The maximum atomic E-state index is 11.5. The number of carbonyl (C=O) groups excluding carboxylic acids is 2. The van der Waals surface area contributed by atoms with Gasteiger partial charge in [0.05, 0.1) is 6.10 Å². The topological polar surface area (TPSA) is 71.1 Å². The summed E-state index contributed by atoms with van der Waals surface area (Å²) in [6.07, 6.45) is -2.46. The molecule has 0 bridgehead atoms. The predicted octanol–water partition coefficient (Wildman–Crippen LogP) is 2.40. The Bertz CT molecular complexity index is 563. The van der Waals surface area contributed by atoms with Gasteiger partial charge in [-0.3, -0.25) is 9.59 Å². The summed E-state index contributed by atoms with van der Waals surface area (Å²) >= 11 is 1.47. The summed E-state index contributed by atoms with van der Waals surface area (Å²) in [5.74, 6) is -0.923. The molecule has 0 aromatic heterocycles. The molecule has 1 aromatic carbocycles. The van der Waals surface area contributed by atoms with Crippen molar-refractivity contribution < 1.29 is 28.5 Å². The number of methoxy groups -OCH3 is 1. The molecular formula is C17H22O6S. The molecule has 2 rings (SSSR count). The van der Waals surface area contributed by atoms with Gasteiger partial charge in [-0.15, -0.1) is 0 Å².